The van der Waals surface area contributed by atoms with Gasteiger partial charge in [0.1, 0.15) is 0 Å². The van der Waals surface area contributed by atoms with E-state index >= 15 is 0 Å². The number of anilines is 2. The van der Waals surface area contributed by atoms with E-state index < -0.39 is 0 Å². The molecule has 0 aliphatic carbocycles. The number of hydrogen-bond acceptors (Lipinski definition) is 2. The first-order valence-corrected chi connectivity index (χ1v) is 8.28. The molecule has 2 aliphatic heterocycles. The quantitative estimate of drug-likeness (QED) is 0.791. The zero-order chi connectivity index (χ0) is 16.5. The van der Waals surface area contributed by atoms with E-state index in [2.05, 4.69) is 11.4 Å². The van der Waals surface area contributed by atoms with Gasteiger partial charge in [0.25, 0.3) is 5.91 Å². The summed E-state index contributed by atoms with van der Waals surface area (Å²) in [6.45, 7) is 0. The van der Waals surface area contributed by atoms with Crippen LogP contribution in [-0.2, 0) is 4.79 Å². The highest BCUT2D eigenvalue weighted by atomic mass is 16.2. The monoisotopic (exact) mass is 318 g/mol. The summed E-state index contributed by atoms with van der Waals surface area (Å²) < 4.78 is 0. The number of fused-ring (bicyclic) bond motifs is 5. The maximum atomic E-state index is 12.9. The minimum absolute atomic E-state index is 0.0397. The molecule has 4 heteroatoms. The SMILES string of the molecule is O=C1Nc2ccccc2/C2=C/CCCCC(=O)N2c2ccccc21. The average molecular weight is 318 g/mol. The van der Waals surface area contributed by atoms with Crippen LogP contribution in [0.1, 0.15) is 41.6 Å². The van der Waals surface area contributed by atoms with Crippen molar-refractivity contribution in [1.29, 1.82) is 0 Å². The molecule has 0 spiro atoms. The summed E-state index contributed by atoms with van der Waals surface area (Å²) in [6, 6.07) is 15.0. The molecule has 2 heterocycles. The molecule has 1 N–H and O–H groups in total. The van der Waals surface area contributed by atoms with Gasteiger partial charge < -0.3 is 5.32 Å². The van der Waals surface area contributed by atoms with Gasteiger partial charge in [-0.15, -0.1) is 0 Å². The average Bonchev–Trinajstić information content (AvgIpc) is 2.58. The third-order valence-corrected chi connectivity index (χ3v) is 4.51. The molecule has 0 radical (unpaired) electrons. The molecule has 0 aromatic heterocycles. The number of nitrogens with zero attached hydrogens (tertiary/aromatic N) is 1. The number of allylic oxidation sites excluding steroid dienone is 1. The topological polar surface area (TPSA) is 49.4 Å². The molecule has 2 aromatic carbocycles. The number of amides is 2. The molecular formula is C20H18N2O2. The maximum Gasteiger partial charge on any atom is 0.257 e. The van der Waals surface area contributed by atoms with Crippen LogP contribution in [0.25, 0.3) is 5.70 Å². The van der Waals surface area contributed by atoms with E-state index in [4.69, 9.17) is 0 Å². The van der Waals surface area contributed by atoms with E-state index in [0.29, 0.717) is 17.7 Å². The summed E-state index contributed by atoms with van der Waals surface area (Å²) in [6.07, 6.45) is 5.40. The summed E-state index contributed by atoms with van der Waals surface area (Å²) in [7, 11) is 0. The highest BCUT2D eigenvalue weighted by Gasteiger charge is 2.29. The number of nitrogens with one attached hydrogen (secondary N) is 1. The molecule has 2 amide bonds. The lowest BCUT2D eigenvalue weighted by atomic mass is 9.98. The molecular weight excluding hydrogens is 300 g/mol. The zero-order valence-corrected chi connectivity index (χ0v) is 13.3. The van der Waals surface area contributed by atoms with E-state index in [0.717, 1.165) is 36.2 Å². The van der Waals surface area contributed by atoms with Crippen LogP contribution in [-0.4, -0.2) is 11.8 Å². The van der Waals surface area contributed by atoms with Crippen molar-refractivity contribution in [3.05, 3.63) is 65.7 Å². The fourth-order valence-electron chi connectivity index (χ4n) is 3.36. The van der Waals surface area contributed by atoms with Crippen molar-refractivity contribution in [2.75, 3.05) is 10.2 Å². The molecule has 0 fully saturated rings. The smallest absolute Gasteiger partial charge is 0.257 e. The van der Waals surface area contributed by atoms with Crippen LogP contribution in [0.15, 0.2) is 54.6 Å². The van der Waals surface area contributed by atoms with Crippen molar-refractivity contribution >= 4 is 28.9 Å². The lowest BCUT2D eigenvalue weighted by Crippen LogP contribution is -2.34. The van der Waals surface area contributed by atoms with Crippen molar-refractivity contribution in [3.8, 4) is 0 Å². The van der Waals surface area contributed by atoms with Crippen molar-refractivity contribution in [3.63, 3.8) is 0 Å². The summed E-state index contributed by atoms with van der Waals surface area (Å²) in [5.41, 5.74) is 3.66. The predicted molar refractivity (Wildman–Crippen MR) is 94.8 cm³/mol. The molecule has 120 valence electrons. The normalized spacial score (nSPS) is 19.3. The van der Waals surface area contributed by atoms with Crippen LogP contribution >= 0.6 is 0 Å². The Morgan fingerprint density at radius 2 is 1.62 bits per heavy atom. The van der Waals surface area contributed by atoms with E-state index in [-0.39, 0.29) is 11.8 Å². The Labute approximate surface area is 140 Å². The van der Waals surface area contributed by atoms with E-state index in [1.165, 1.54) is 0 Å². The second kappa shape index (κ2) is 5.96. The first kappa shape index (κ1) is 14.7. The van der Waals surface area contributed by atoms with Crippen LogP contribution in [0.2, 0.25) is 0 Å². The minimum Gasteiger partial charge on any atom is -0.321 e. The van der Waals surface area contributed by atoms with Crippen LogP contribution in [0, 0.1) is 0 Å². The molecule has 0 saturated carbocycles. The zero-order valence-electron chi connectivity index (χ0n) is 13.3. The molecule has 24 heavy (non-hydrogen) atoms. The molecule has 0 saturated heterocycles. The van der Waals surface area contributed by atoms with Gasteiger partial charge in [0.05, 0.1) is 22.6 Å². The first-order chi connectivity index (χ1) is 11.8. The molecule has 4 rings (SSSR count). The molecule has 0 unspecified atom stereocenters. The maximum absolute atomic E-state index is 12.9. The summed E-state index contributed by atoms with van der Waals surface area (Å²) >= 11 is 0. The second-order valence-electron chi connectivity index (χ2n) is 6.08. The summed E-state index contributed by atoms with van der Waals surface area (Å²) in [5.74, 6) is -0.148. The lowest BCUT2D eigenvalue weighted by molar-refractivity contribution is -0.118. The number of carbonyl (C=O) groups is 2. The number of benzene rings is 2. The Bertz CT molecular complexity index is 854. The first-order valence-electron chi connectivity index (χ1n) is 8.28. The predicted octanol–water partition coefficient (Wildman–Crippen LogP) is 4.20. The van der Waals surface area contributed by atoms with Crippen molar-refractivity contribution in [1.82, 2.24) is 0 Å². The highest BCUT2D eigenvalue weighted by Crippen LogP contribution is 2.37. The van der Waals surface area contributed by atoms with Gasteiger partial charge in [-0.2, -0.15) is 0 Å². The summed E-state index contributed by atoms with van der Waals surface area (Å²) in [4.78, 5) is 27.3. The van der Waals surface area contributed by atoms with E-state index in [1.54, 1.807) is 11.0 Å². The van der Waals surface area contributed by atoms with Gasteiger partial charge in [-0.25, -0.2) is 0 Å². The second-order valence-corrected chi connectivity index (χ2v) is 6.08. The highest BCUT2D eigenvalue weighted by molar-refractivity contribution is 6.17. The fraction of sp³-hybridized carbons (Fsp3) is 0.200. The van der Waals surface area contributed by atoms with Gasteiger partial charge in [-0.05, 0) is 37.5 Å². The largest absolute Gasteiger partial charge is 0.321 e. The summed E-state index contributed by atoms with van der Waals surface area (Å²) in [5, 5.41) is 2.98. The third-order valence-electron chi connectivity index (χ3n) is 4.51. The molecule has 0 bridgehead atoms. The Morgan fingerprint density at radius 1 is 0.875 bits per heavy atom. The fourth-order valence-corrected chi connectivity index (χ4v) is 3.36. The van der Waals surface area contributed by atoms with E-state index in [9.17, 15) is 9.59 Å². The Morgan fingerprint density at radius 3 is 2.50 bits per heavy atom. The van der Waals surface area contributed by atoms with Gasteiger partial charge in [0.2, 0.25) is 5.91 Å². The standard InChI is InChI=1S/C20H18N2O2/c23-19-13-3-1-2-11-17-14-8-4-6-10-16(14)21-20(24)15-9-5-7-12-18(15)22(17)19/h4-12H,1-3,13H2,(H,21,24)/b17-11-. The van der Waals surface area contributed by atoms with Gasteiger partial charge in [0.15, 0.2) is 0 Å². The van der Waals surface area contributed by atoms with Gasteiger partial charge in [-0.1, -0.05) is 36.4 Å². The van der Waals surface area contributed by atoms with Crippen LogP contribution in [0.3, 0.4) is 0 Å². The van der Waals surface area contributed by atoms with Crippen LogP contribution < -0.4 is 10.2 Å². The molecule has 2 aliphatic rings. The Kier molecular flexibility index (Phi) is 3.65. The number of rotatable bonds is 0. The Hall–Kier alpha value is -2.88. The van der Waals surface area contributed by atoms with Gasteiger partial charge in [0, 0.05) is 12.0 Å². The number of para-hydroxylation sites is 2. The van der Waals surface area contributed by atoms with Crippen LogP contribution in [0.4, 0.5) is 11.4 Å². The van der Waals surface area contributed by atoms with Crippen molar-refractivity contribution in [2.45, 2.75) is 25.7 Å². The van der Waals surface area contributed by atoms with Crippen LogP contribution in [0.5, 0.6) is 0 Å². The molecule has 0 atom stereocenters. The molecule has 4 nitrogen and oxygen atoms in total. The minimum atomic E-state index is -0.188. The van der Waals surface area contributed by atoms with Crippen molar-refractivity contribution in [2.24, 2.45) is 0 Å². The number of hydrogen-bond donors (Lipinski definition) is 1. The molecule has 2 aromatic rings. The number of carbonyl (C=O) groups excluding carboxylic acids is 2. The van der Waals surface area contributed by atoms with Crippen molar-refractivity contribution < 1.29 is 9.59 Å². The third kappa shape index (κ3) is 2.40. The van der Waals surface area contributed by atoms with Gasteiger partial charge >= 0.3 is 0 Å². The lowest BCUT2D eigenvalue weighted by Gasteiger charge is -2.32. The Balaban J connectivity index is 2.01. The van der Waals surface area contributed by atoms with E-state index in [1.807, 2.05) is 42.5 Å². The van der Waals surface area contributed by atoms with Gasteiger partial charge in [-0.3, -0.25) is 14.5 Å².